The molecule has 0 bridgehead atoms. The Labute approximate surface area is 102 Å². The number of hydrogen-bond donors (Lipinski definition) is 0. The molecule has 0 N–H and O–H groups in total. The first-order valence-electron chi connectivity index (χ1n) is 5.09. The van der Waals surface area contributed by atoms with Crippen molar-refractivity contribution in [3.8, 4) is 11.3 Å². The van der Waals surface area contributed by atoms with E-state index in [4.69, 9.17) is 4.74 Å². The topological polar surface area (TPSA) is 39.2 Å². The third-order valence-electron chi connectivity index (χ3n) is 2.18. The molecule has 3 nitrogen and oxygen atoms in total. The molecule has 0 aliphatic heterocycles. The van der Waals surface area contributed by atoms with Crippen LogP contribution in [0.15, 0.2) is 29.6 Å². The molecule has 0 radical (unpaired) electrons. The molecule has 0 saturated carbocycles. The predicted molar refractivity (Wildman–Crippen MR) is 63.5 cm³/mol. The number of hydrogen-bond acceptors (Lipinski definition) is 4. The number of esters is 1. The van der Waals surface area contributed by atoms with Gasteiger partial charge in [0.2, 0.25) is 0 Å². The molecule has 0 amide bonds. The van der Waals surface area contributed by atoms with Crippen molar-refractivity contribution in [3.63, 3.8) is 0 Å². The number of nitrogens with zero attached hydrogens (tertiary/aromatic N) is 1. The Morgan fingerprint density at radius 3 is 2.76 bits per heavy atom. The van der Waals surface area contributed by atoms with Gasteiger partial charge in [-0.1, -0.05) is 0 Å². The highest BCUT2D eigenvalue weighted by Gasteiger charge is 2.16. The number of halogens is 1. The van der Waals surface area contributed by atoms with E-state index in [0.717, 1.165) is 0 Å². The number of carbonyl (C=O) groups excluding carboxylic acids is 1. The van der Waals surface area contributed by atoms with Crippen molar-refractivity contribution < 1.29 is 13.9 Å². The van der Waals surface area contributed by atoms with Crippen molar-refractivity contribution in [2.24, 2.45) is 0 Å². The fourth-order valence-corrected chi connectivity index (χ4v) is 2.08. The molecule has 0 saturated heterocycles. The lowest BCUT2D eigenvalue weighted by Crippen LogP contribution is -2.04. The summed E-state index contributed by atoms with van der Waals surface area (Å²) in [5.41, 5.74) is 1.66. The quantitative estimate of drug-likeness (QED) is 0.787. The molecule has 0 atom stereocenters. The zero-order chi connectivity index (χ0) is 12.3. The summed E-state index contributed by atoms with van der Waals surface area (Å²) in [7, 11) is 0. The standard InChI is InChI=1S/C12H10FNO2S/c1-2-16-12(15)10-7-17-14-11(10)8-3-5-9(13)6-4-8/h3-7H,2H2,1H3. The zero-order valence-corrected chi connectivity index (χ0v) is 9.96. The van der Waals surface area contributed by atoms with Gasteiger partial charge in [-0.2, -0.15) is 4.37 Å². The van der Waals surface area contributed by atoms with Crippen molar-refractivity contribution in [1.29, 1.82) is 0 Å². The van der Waals surface area contributed by atoms with Gasteiger partial charge in [0.25, 0.3) is 0 Å². The van der Waals surface area contributed by atoms with Gasteiger partial charge in [0.15, 0.2) is 0 Å². The van der Waals surface area contributed by atoms with E-state index >= 15 is 0 Å². The van der Waals surface area contributed by atoms with Gasteiger partial charge in [-0.3, -0.25) is 0 Å². The molecule has 0 unspecified atom stereocenters. The zero-order valence-electron chi connectivity index (χ0n) is 9.14. The van der Waals surface area contributed by atoms with Gasteiger partial charge in [-0.25, -0.2) is 9.18 Å². The van der Waals surface area contributed by atoms with E-state index in [1.165, 1.54) is 23.7 Å². The van der Waals surface area contributed by atoms with Crippen LogP contribution in [0.3, 0.4) is 0 Å². The van der Waals surface area contributed by atoms with E-state index in [0.29, 0.717) is 23.4 Å². The van der Waals surface area contributed by atoms with Crippen LogP contribution in [0, 0.1) is 5.82 Å². The molecule has 0 aliphatic carbocycles. The molecule has 1 heterocycles. The molecule has 5 heteroatoms. The molecule has 0 fully saturated rings. The lowest BCUT2D eigenvalue weighted by molar-refractivity contribution is 0.0527. The van der Waals surface area contributed by atoms with Crippen molar-refractivity contribution in [1.82, 2.24) is 4.37 Å². The number of aromatic nitrogens is 1. The highest BCUT2D eigenvalue weighted by molar-refractivity contribution is 7.04. The van der Waals surface area contributed by atoms with Crippen LogP contribution in [0.1, 0.15) is 17.3 Å². The summed E-state index contributed by atoms with van der Waals surface area (Å²) in [6, 6.07) is 5.85. The lowest BCUT2D eigenvalue weighted by atomic mass is 10.1. The molecule has 2 aromatic rings. The summed E-state index contributed by atoms with van der Waals surface area (Å²) in [6.07, 6.45) is 0. The largest absolute Gasteiger partial charge is 0.462 e. The number of carbonyl (C=O) groups is 1. The molecule has 1 aromatic carbocycles. The summed E-state index contributed by atoms with van der Waals surface area (Å²) in [4.78, 5) is 11.6. The molecule has 2 rings (SSSR count). The molecular formula is C12H10FNO2S. The van der Waals surface area contributed by atoms with E-state index in [9.17, 15) is 9.18 Å². The second-order valence-electron chi connectivity index (χ2n) is 3.30. The molecule has 17 heavy (non-hydrogen) atoms. The minimum Gasteiger partial charge on any atom is -0.462 e. The van der Waals surface area contributed by atoms with Gasteiger partial charge in [0, 0.05) is 10.9 Å². The first-order valence-corrected chi connectivity index (χ1v) is 5.93. The maximum Gasteiger partial charge on any atom is 0.341 e. The number of benzene rings is 1. The van der Waals surface area contributed by atoms with Gasteiger partial charge in [-0.05, 0) is 42.7 Å². The highest BCUT2D eigenvalue weighted by Crippen LogP contribution is 2.24. The Morgan fingerprint density at radius 2 is 2.12 bits per heavy atom. The van der Waals surface area contributed by atoms with E-state index in [1.54, 1.807) is 24.4 Å². The monoisotopic (exact) mass is 251 g/mol. The van der Waals surface area contributed by atoms with E-state index in [1.807, 2.05) is 0 Å². The van der Waals surface area contributed by atoms with Gasteiger partial charge in [-0.15, -0.1) is 0 Å². The fourth-order valence-electron chi connectivity index (χ4n) is 1.41. The number of ether oxygens (including phenoxy) is 1. The minimum atomic E-state index is -0.402. The van der Waals surface area contributed by atoms with E-state index in [2.05, 4.69) is 4.37 Å². The maximum atomic E-state index is 12.8. The third kappa shape index (κ3) is 2.50. The first-order chi connectivity index (χ1) is 8.22. The van der Waals surface area contributed by atoms with Gasteiger partial charge >= 0.3 is 5.97 Å². The van der Waals surface area contributed by atoms with Crippen molar-refractivity contribution in [3.05, 3.63) is 41.0 Å². The number of rotatable bonds is 3. The second kappa shape index (κ2) is 5.05. The van der Waals surface area contributed by atoms with E-state index < -0.39 is 5.97 Å². The van der Waals surface area contributed by atoms with Crippen molar-refractivity contribution in [2.45, 2.75) is 6.92 Å². The van der Waals surface area contributed by atoms with Crippen LogP contribution in [0.25, 0.3) is 11.3 Å². The van der Waals surface area contributed by atoms with Crippen LogP contribution in [0.4, 0.5) is 4.39 Å². The molecule has 0 aliphatic rings. The molecular weight excluding hydrogens is 241 g/mol. The highest BCUT2D eigenvalue weighted by atomic mass is 32.1. The van der Waals surface area contributed by atoms with Gasteiger partial charge < -0.3 is 4.74 Å². The van der Waals surface area contributed by atoms with Crippen LogP contribution in [0.5, 0.6) is 0 Å². The summed E-state index contributed by atoms with van der Waals surface area (Å²) < 4.78 is 21.9. The normalized spacial score (nSPS) is 10.2. The Hall–Kier alpha value is -1.75. The second-order valence-corrected chi connectivity index (χ2v) is 3.93. The molecule has 1 aromatic heterocycles. The SMILES string of the molecule is CCOC(=O)c1csnc1-c1ccc(F)cc1. The van der Waals surface area contributed by atoms with Crippen LogP contribution in [-0.2, 0) is 4.74 Å². The van der Waals surface area contributed by atoms with Gasteiger partial charge in [0.1, 0.15) is 5.82 Å². The first kappa shape index (κ1) is 11.7. The smallest absolute Gasteiger partial charge is 0.341 e. The Morgan fingerprint density at radius 1 is 1.41 bits per heavy atom. The van der Waals surface area contributed by atoms with Crippen LogP contribution >= 0.6 is 11.5 Å². The summed E-state index contributed by atoms with van der Waals surface area (Å²) in [5.74, 6) is -0.720. The molecule has 0 spiro atoms. The summed E-state index contributed by atoms with van der Waals surface area (Å²) in [5, 5.41) is 1.64. The summed E-state index contributed by atoms with van der Waals surface area (Å²) >= 11 is 1.17. The predicted octanol–water partition coefficient (Wildman–Crippen LogP) is 3.13. The average molecular weight is 251 g/mol. The van der Waals surface area contributed by atoms with Crippen LogP contribution in [0.2, 0.25) is 0 Å². The van der Waals surface area contributed by atoms with Gasteiger partial charge in [0.05, 0.1) is 17.9 Å². The fraction of sp³-hybridized carbons (Fsp3) is 0.167. The Balaban J connectivity index is 2.36. The Kier molecular flexibility index (Phi) is 3.49. The van der Waals surface area contributed by atoms with Crippen LogP contribution < -0.4 is 0 Å². The Bertz CT molecular complexity index is 522. The van der Waals surface area contributed by atoms with Crippen molar-refractivity contribution >= 4 is 17.5 Å². The maximum absolute atomic E-state index is 12.8. The average Bonchev–Trinajstić information content (AvgIpc) is 2.79. The van der Waals surface area contributed by atoms with Crippen molar-refractivity contribution in [2.75, 3.05) is 6.61 Å². The minimum absolute atomic E-state index is 0.317. The van der Waals surface area contributed by atoms with E-state index in [-0.39, 0.29) is 5.82 Å². The third-order valence-corrected chi connectivity index (χ3v) is 2.81. The lowest BCUT2D eigenvalue weighted by Gasteiger charge is -2.02. The molecule has 88 valence electrons. The van der Waals surface area contributed by atoms with Crippen LogP contribution in [-0.4, -0.2) is 16.9 Å². The summed E-state index contributed by atoms with van der Waals surface area (Å²) in [6.45, 7) is 2.06.